The minimum Gasteiger partial charge on any atom is -0.481 e. The standard InChI is InChI=1S/C17H18ClNO2/c1-19(11-13-6-8-16(18)9-7-13)12-15-5-3-2-4-14(15)10-17(20)21/h2-9H,10-12H2,1H3,(H,20,21). The van der Waals surface area contributed by atoms with Crippen LogP contribution in [0.25, 0.3) is 0 Å². The molecule has 0 bridgehead atoms. The monoisotopic (exact) mass is 303 g/mol. The van der Waals surface area contributed by atoms with Gasteiger partial charge in [0.15, 0.2) is 0 Å². The van der Waals surface area contributed by atoms with Gasteiger partial charge in [-0.1, -0.05) is 48.0 Å². The number of benzene rings is 2. The second-order valence-corrected chi connectivity index (χ2v) is 5.57. The van der Waals surface area contributed by atoms with Crippen molar-refractivity contribution in [3.63, 3.8) is 0 Å². The van der Waals surface area contributed by atoms with Gasteiger partial charge in [0, 0.05) is 18.1 Å². The van der Waals surface area contributed by atoms with Crippen molar-refractivity contribution in [3.8, 4) is 0 Å². The Kier molecular flexibility index (Phi) is 5.37. The van der Waals surface area contributed by atoms with Crippen LogP contribution >= 0.6 is 11.6 Å². The number of rotatable bonds is 6. The Morgan fingerprint density at radius 1 is 1.05 bits per heavy atom. The van der Waals surface area contributed by atoms with Crippen LogP contribution in [0.3, 0.4) is 0 Å². The number of halogens is 1. The van der Waals surface area contributed by atoms with E-state index in [4.69, 9.17) is 16.7 Å². The number of aliphatic carboxylic acids is 1. The molecule has 0 aliphatic carbocycles. The molecule has 110 valence electrons. The minimum atomic E-state index is -0.803. The molecule has 2 aromatic carbocycles. The molecule has 21 heavy (non-hydrogen) atoms. The maximum absolute atomic E-state index is 10.9. The first-order chi connectivity index (χ1) is 10.0. The van der Waals surface area contributed by atoms with E-state index >= 15 is 0 Å². The molecule has 0 saturated heterocycles. The number of nitrogens with zero attached hydrogens (tertiary/aromatic N) is 1. The zero-order chi connectivity index (χ0) is 15.2. The summed E-state index contributed by atoms with van der Waals surface area (Å²) in [5.41, 5.74) is 3.10. The van der Waals surface area contributed by atoms with E-state index in [1.807, 2.05) is 55.6 Å². The van der Waals surface area contributed by atoms with Crippen LogP contribution < -0.4 is 0 Å². The van der Waals surface area contributed by atoms with E-state index in [0.29, 0.717) is 6.54 Å². The third-order valence-corrected chi connectivity index (χ3v) is 3.52. The zero-order valence-corrected chi connectivity index (χ0v) is 12.7. The Labute approximate surface area is 129 Å². The molecule has 2 aromatic rings. The molecular formula is C17H18ClNO2. The fourth-order valence-corrected chi connectivity index (χ4v) is 2.42. The van der Waals surface area contributed by atoms with Crippen molar-refractivity contribution in [2.45, 2.75) is 19.5 Å². The smallest absolute Gasteiger partial charge is 0.307 e. The lowest BCUT2D eigenvalue weighted by Crippen LogP contribution is -2.18. The van der Waals surface area contributed by atoms with Crippen LogP contribution in [0.5, 0.6) is 0 Å². The molecule has 0 saturated carbocycles. The summed E-state index contributed by atoms with van der Waals surface area (Å²) in [6.45, 7) is 1.50. The Morgan fingerprint density at radius 3 is 2.29 bits per heavy atom. The van der Waals surface area contributed by atoms with E-state index in [9.17, 15) is 4.79 Å². The molecule has 1 N–H and O–H groups in total. The summed E-state index contributed by atoms with van der Waals surface area (Å²) in [5, 5.41) is 9.69. The lowest BCUT2D eigenvalue weighted by molar-refractivity contribution is -0.136. The van der Waals surface area contributed by atoms with Gasteiger partial charge in [-0.05, 0) is 35.9 Å². The SMILES string of the molecule is CN(Cc1ccc(Cl)cc1)Cc1ccccc1CC(=O)O. The van der Waals surface area contributed by atoms with Crippen LogP contribution in [-0.4, -0.2) is 23.0 Å². The molecule has 0 aliphatic heterocycles. The number of carboxylic acids is 1. The molecule has 0 heterocycles. The topological polar surface area (TPSA) is 40.5 Å². The lowest BCUT2D eigenvalue weighted by Gasteiger charge is -2.18. The van der Waals surface area contributed by atoms with Crippen LogP contribution in [0.15, 0.2) is 48.5 Å². The van der Waals surface area contributed by atoms with Crippen LogP contribution in [0.4, 0.5) is 0 Å². The molecule has 0 unspecified atom stereocenters. The number of hydrogen-bond acceptors (Lipinski definition) is 2. The van der Waals surface area contributed by atoms with Gasteiger partial charge in [0.1, 0.15) is 0 Å². The van der Waals surface area contributed by atoms with Crippen molar-refractivity contribution in [3.05, 3.63) is 70.2 Å². The van der Waals surface area contributed by atoms with E-state index in [1.165, 1.54) is 5.56 Å². The number of carbonyl (C=O) groups is 1. The highest BCUT2D eigenvalue weighted by Crippen LogP contribution is 2.15. The molecule has 3 nitrogen and oxygen atoms in total. The van der Waals surface area contributed by atoms with Crippen LogP contribution in [0.2, 0.25) is 5.02 Å². The summed E-state index contributed by atoms with van der Waals surface area (Å²) < 4.78 is 0. The molecule has 0 aliphatic rings. The average Bonchev–Trinajstić information content (AvgIpc) is 2.43. The first-order valence-corrected chi connectivity index (χ1v) is 7.14. The summed E-state index contributed by atoms with van der Waals surface area (Å²) in [5.74, 6) is -0.803. The summed E-state index contributed by atoms with van der Waals surface area (Å²) in [7, 11) is 2.02. The summed E-state index contributed by atoms with van der Waals surface area (Å²) >= 11 is 5.88. The van der Waals surface area contributed by atoms with Gasteiger partial charge in [-0.2, -0.15) is 0 Å². The Hall–Kier alpha value is -1.84. The van der Waals surface area contributed by atoms with Crippen LogP contribution in [-0.2, 0) is 24.3 Å². The van der Waals surface area contributed by atoms with E-state index in [2.05, 4.69) is 4.90 Å². The highest BCUT2D eigenvalue weighted by atomic mass is 35.5. The predicted octanol–water partition coefficient (Wildman–Crippen LogP) is 3.60. The first kappa shape index (κ1) is 15.5. The van der Waals surface area contributed by atoms with Gasteiger partial charge in [-0.3, -0.25) is 9.69 Å². The summed E-state index contributed by atoms with van der Waals surface area (Å²) in [6.07, 6.45) is 0.0605. The van der Waals surface area contributed by atoms with Crippen molar-refractivity contribution in [2.24, 2.45) is 0 Å². The molecule has 0 radical (unpaired) electrons. The Bertz CT molecular complexity index is 610. The van der Waals surface area contributed by atoms with E-state index in [0.717, 1.165) is 22.7 Å². The summed E-state index contributed by atoms with van der Waals surface area (Å²) in [4.78, 5) is 13.1. The molecule has 0 fully saturated rings. The van der Waals surface area contributed by atoms with Crippen molar-refractivity contribution >= 4 is 17.6 Å². The van der Waals surface area contributed by atoms with Gasteiger partial charge in [-0.25, -0.2) is 0 Å². The molecule has 2 rings (SSSR count). The molecule has 0 atom stereocenters. The van der Waals surface area contributed by atoms with Gasteiger partial charge < -0.3 is 5.11 Å². The minimum absolute atomic E-state index is 0.0605. The Morgan fingerprint density at radius 2 is 1.67 bits per heavy atom. The van der Waals surface area contributed by atoms with Crippen molar-refractivity contribution in [2.75, 3.05) is 7.05 Å². The van der Waals surface area contributed by atoms with Crippen molar-refractivity contribution in [1.29, 1.82) is 0 Å². The number of carboxylic acid groups (broad SMARTS) is 1. The van der Waals surface area contributed by atoms with Gasteiger partial charge in [-0.15, -0.1) is 0 Å². The second-order valence-electron chi connectivity index (χ2n) is 5.14. The highest BCUT2D eigenvalue weighted by molar-refractivity contribution is 6.30. The van der Waals surface area contributed by atoms with Crippen LogP contribution in [0.1, 0.15) is 16.7 Å². The first-order valence-electron chi connectivity index (χ1n) is 6.76. The normalized spacial score (nSPS) is 10.8. The molecule has 4 heteroatoms. The van der Waals surface area contributed by atoms with Crippen LogP contribution in [0, 0.1) is 0 Å². The van der Waals surface area contributed by atoms with Gasteiger partial charge in [0.2, 0.25) is 0 Å². The predicted molar refractivity (Wildman–Crippen MR) is 84.4 cm³/mol. The van der Waals surface area contributed by atoms with Gasteiger partial charge in [0.25, 0.3) is 0 Å². The lowest BCUT2D eigenvalue weighted by atomic mass is 10.0. The fraction of sp³-hybridized carbons (Fsp3) is 0.235. The van der Waals surface area contributed by atoms with Gasteiger partial charge >= 0.3 is 5.97 Å². The maximum atomic E-state index is 10.9. The molecule has 0 aromatic heterocycles. The number of hydrogen-bond donors (Lipinski definition) is 1. The molecule has 0 amide bonds. The highest BCUT2D eigenvalue weighted by Gasteiger charge is 2.09. The quantitative estimate of drug-likeness (QED) is 0.886. The largest absolute Gasteiger partial charge is 0.481 e. The second kappa shape index (κ2) is 7.25. The average molecular weight is 304 g/mol. The third kappa shape index (κ3) is 4.88. The Balaban J connectivity index is 2.03. The maximum Gasteiger partial charge on any atom is 0.307 e. The molecule has 0 spiro atoms. The third-order valence-electron chi connectivity index (χ3n) is 3.27. The molecular weight excluding hydrogens is 286 g/mol. The van der Waals surface area contributed by atoms with E-state index in [1.54, 1.807) is 0 Å². The van der Waals surface area contributed by atoms with Crippen molar-refractivity contribution < 1.29 is 9.90 Å². The van der Waals surface area contributed by atoms with E-state index in [-0.39, 0.29) is 6.42 Å². The van der Waals surface area contributed by atoms with Crippen molar-refractivity contribution in [1.82, 2.24) is 4.90 Å². The zero-order valence-electron chi connectivity index (χ0n) is 11.9. The van der Waals surface area contributed by atoms with Gasteiger partial charge in [0.05, 0.1) is 6.42 Å². The summed E-state index contributed by atoms with van der Waals surface area (Å²) in [6, 6.07) is 15.4. The fourth-order valence-electron chi connectivity index (χ4n) is 2.30. The van der Waals surface area contributed by atoms with E-state index < -0.39 is 5.97 Å².